The van der Waals surface area contributed by atoms with E-state index in [1.54, 1.807) is 4.90 Å². The van der Waals surface area contributed by atoms with E-state index in [2.05, 4.69) is 9.97 Å². The van der Waals surface area contributed by atoms with Gasteiger partial charge in [0.15, 0.2) is 0 Å². The van der Waals surface area contributed by atoms with Gasteiger partial charge < -0.3 is 15.0 Å². The normalized spacial score (nSPS) is 14.8. The van der Waals surface area contributed by atoms with Crippen molar-refractivity contribution in [3.05, 3.63) is 63.9 Å². The van der Waals surface area contributed by atoms with Crippen molar-refractivity contribution in [1.82, 2.24) is 9.97 Å². The molecule has 0 amide bonds. The molecule has 4 rings (SSSR count). The summed E-state index contributed by atoms with van der Waals surface area (Å²) in [4.78, 5) is 9.26. The minimum Gasteiger partial charge on any atom is -0.509 e. The van der Waals surface area contributed by atoms with Gasteiger partial charge in [0.25, 0.3) is 0 Å². The van der Waals surface area contributed by atoms with E-state index in [4.69, 9.17) is 17.0 Å². The van der Waals surface area contributed by atoms with Crippen LogP contribution in [0.25, 0.3) is 16.6 Å². The first-order chi connectivity index (χ1) is 12.3. The number of aromatic amines is 1. The Bertz CT molecular complexity index is 1060. The lowest BCUT2D eigenvalue weighted by molar-refractivity contribution is 0.411. The summed E-state index contributed by atoms with van der Waals surface area (Å²) in [6, 6.07) is 8.17. The molecule has 5 nitrogen and oxygen atoms in total. The van der Waals surface area contributed by atoms with E-state index in [0.29, 0.717) is 17.1 Å². The zero-order valence-corrected chi connectivity index (χ0v) is 14.9. The molecule has 0 radical (unpaired) electrons. The number of rotatable bonds is 2. The fraction of sp³-hybridized carbons (Fsp3) is 0.158. The molecule has 132 valence electrons. The number of hydrogen-bond donors (Lipinski definition) is 3. The van der Waals surface area contributed by atoms with Crippen molar-refractivity contribution in [3.63, 3.8) is 0 Å². The molecule has 0 spiro atoms. The van der Waals surface area contributed by atoms with Crippen LogP contribution in [0.15, 0.2) is 36.1 Å². The first kappa shape index (κ1) is 16.6. The Hall–Kier alpha value is -2.86. The average molecular weight is 371 g/mol. The molecular weight excluding hydrogens is 355 g/mol. The molecule has 0 aliphatic carbocycles. The first-order valence-corrected chi connectivity index (χ1v) is 8.44. The number of nitrogens with one attached hydrogen (secondary N) is 2. The van der Waals surface area contributed by atoms with Crippen molar-refractivity contribution in [1.29, 1.82) is 5.41 Å². The molecule has 0 bridgehead atoms. The lowest BCUT2D eigenvalue weighted by Gasteiger charge is -2.18. The smallest absolute Gasteiger partial charge is 0.145 e. The van der Waals surface area contributed by atoms with Gasteiger partial charge in [-0.25, -0.2) is 9.37 Å². The maximum Gasteiger partial charge on any atom is 0.145 e. The molecule has 0 saturated heterocycles. The second-order valence-corrected chi connectivity index (χ2v) is 6.80. The highest BCUT2D eigenvalue weighted by molar-refractivity contribution is 6.32. The average Bonchev–Trinajstić information content (AvgIpc) is 3.10. The van der Waals surface area contributed by atoms with Crippen LogP contribution in [0.3, 0.4) is 0 Å². The van der Waals surface area contributed by atoms with Gasteiger partial charge in [-0.2, -0.15) is 0 Å². The summed E-state index contributed by atoms with van der Waals surface area (Å²) in [5, 5.41) is 18.9. The largest absolute Gasteiger partial charge is 0.509 e. The first-order valence-electron chi connectivity index (χ1n) is 8.06. The lowest BCUT2D eigenvalue weighted by Crippen LogP contribution is -2.26. The fourth-order valence-electron chi connectivity index (χ4n) is 3.09. The maximum absolute atomic E-state index is 13.4. The molecule has 2 heterocycles. The van der Waals surface area contributed by atoms with E-state index in [9.17, 15) is 9.50 Å². The van der Waals surface area contributed by atoms with E-state index in [0.717, 1.165) is 22.2 Å². The van der Waals surface area contributed by atoms with Crippen molar-refractivity contribution >= 4 is 39.7 Å². The summed E-state index contributed by atoms with van der Waals surface area (Å²) < 4.78 is 13.4. The number of benzene rings is 2. The molecular formula is C19H16ClFN4O. The number of imidazole rings is 1. The van der Waals surface area contributed by atoms with Crippen molar-refractivity contribution in [2.45, 2.75) is 13.8 Å². The molecule has 0 saturated carbocycles. The number of fused-ring (bicyclic) bond motifs is 1. The number of aromatic nitrogens is 2. The Balaban J connectivity index is 1.74. The number of aryl methyl sites for hydroxylation is 2. The predicted molar refractivity (Wildman–Crippen MR) is 102 cm³/mol. The molecule has 7 heteroatoms. The van der Waals surface area contributed by atoms with Gasteiger partial charge in [0, 0.05) is 5.69 Å². The summed E-state index contributed by atoms with van der Waals surface area (Å²) in [5.41, 5.74) is 4.74. The van der Waals surface area contributed by atoms with Crippen molar-refractivity contribution < 1.29 is 9.50 Å². The Labute approximate surface area is 154 Å². The standard InChI is InChI=1S/C19H16ClFN4O/c1-9-5-14-15(6-10(9)2)24-19(23-14)17-16(26)8-25(18(17)22)11-3-4-13(21)12(20)7-11/h3-7,22,26H,8H2,1-2H3,(H,23,24). The highest BCUT2D eigenvalue weighted by Gasteiger charge is 2.31. The van der Waals surface area contributed by atoms with Crippen molar-refractivity contribution in [2.24, 2.45) is 0 Å². The summed E-state index contributed by atoms with van der Waals surface area (Å²) >= 11 is 5.85. The lowest BCUT2D eigenvalue weighted by atomic mass is 10.1. The quantitative estimate of drug-likeness (QED) is 0.610. The van der Waals surface area contributed by atoms with E-state index in [1.807, 2.05) is 26.0 Å². The van der Waals surface area contributed by atoms with Gasteiger partial charge in [-0.05, 0) is 55.3 Å². The second kappa shape index (κ2) is 5.85. The third-order valence-corrected chi connectivity index (χ3v) is 4.94. The summed E-state index contributed by atoms with van der Waals surface area (Å²) in [6.45, 7) is 4.13. The third kappa shape index (κ3) is 2.54. The van der Waals surface area contributed by atoms with Crippen molar-refractivity contribution in [2.75, 3.05) is 11.4 Å². The van der Waals surface area contributed by atoms with Crippen LogP contribution in [-0.4, -0.2) is 27.5 Å². The van der Waals surface area contributed by atoms with Crippen LogP contribution in [0.4, 0.5) is 10.1 Å². The third-order valence-electron chi connectivity index (χ3n) is 4.65. The van der Waals surface area contributed by atoms with E-state index >= 15 is 0 Å². The van der Waals surface area contributed by atoms with Crippen LogP contribution in [0.5, 0.6) is 0 Å². The minimum atomic E-state index is -0.526. The van der Waals surface area contributed by atoms with Gasteiger partial charge >= 0.3 is 0 Å². The molecule has 1 aliphatic heterocycles. The number of H-pyrrole nitrogens is 1. The van der Waals surface area contributed by atoms with Gasteiger partial charge in [-0.15, -0.1) is 0 Å². The number of amidine groups is 1. The number of nitrogens with zero attached hydrogens (tertiary/aromatic N) is 2. The number of halogens is 2. The number of aliphatic hydroxyl groups is 1. The molecule has 1 aromatic heterocycles. The monoisotopic (exact) mass is 370 g/mol. The van der Waals surface area contributed by atoms with Crippen LogP contribution < -0.4 is 4.90 Å². The summed E-state index contributed by atoms with van der Waals surface area (Å²) in [7, 11) is 0. The van der Waals surface area contributed by atoms with Gasteiger partial charge in [-0.1, -0.05) is 11.6 Å². The number of aliphatic hydroxyl groups excluding tert-OH is 1. The highest BCUT2D eigenvalue weighted by Crippen LogP contribution is 2.32. The molecule has 1 aliphatic rings. The van der Waals surface area contributed by atoms with E-state index in [1.165, 1.54) is 18.2 Å². The SMILES string of the molecule is Cc1cc2nc(C3=C(O)CN(c4ccc(F)c(Cl)c4)C3=N)[nH]c2cc1C. The van der Waals surface area contributed by atoms with Crippen LogP contribution in [0.2, 0.25) is 5.02 Å². The van der Waals surface area contributed by atoms with E-state index in [-0.39, 0.29) is 23.2 Å². The van der Waals surface area contributed by atoms with Gasteiger partial charge in [-0.3, -0.25) is 5.41 Å². The highest BCUT2D eigenvalue weighted by atomic mass is 35.5. The van der Waals surface area contributed by atoms with E-state index < -0.39 is 5.82 Å². The molecule has 0 fully saturated rings. The number of anilines is 1. The zero-order chi connectivity index (χ0) is 18.6. The predicted octanol–water partition coefficient (Wildman–Crippen LogP) is 4.74. The van der Waals surface area contributed by atoms with Gasteiger partial charge in [0.2, 0.25) is 0 Å². The molecule has 3 aromatic rings. The molecule has 26 heavy (non-hydrogen) atoms. The van der Waals surface area contributed by atoms with Crippen LogP contribution in [-0.2, 0) is 0 Å². The second-order valence-electron chi connectivity index (χ2n) is 6.39. The van der Waals surface area contributed by atoms with Crippen molar-refractivity contribution in [3.8, 4) is 0 Å². The summed E-state index contributed by atoms with van der Waals surface area (Å²) in [5.74, 6) is 0.0189. The molecule has 3 N–H and O–H groups in total. The summed E-state index contributed by atoms with van der Waals surface area (Å²) in [6.07, 6.45) is 0. The van der Waals surface area contributed by atoms with Gasteiger partial charge in [0.05, 0.1) is 28.2 Å². The molecule has 0 atom stereocenters. The Morgan fingerprint density at radius 1 is 1.23 bits per heavy atom. The van der Waals surface area contributed by atoms with Crippen LogP contribution >= 0.6 is 11.6 Å². The van der Waals surface area contributed by atoms with Gasteiger partial charge in [0.1, 0.15) is 23.2 Å². The molecule has 2 aromatic carbocycles. The van der Waals surface area contributed by atoms with Crippen LogP contribution in [0.1, 0.15) is 17.0 Å². The topological polar surface area (TPSA) is 76.0 Å². The Morgan fingerprint density at radius 2 is 1.96 bits per heavy atom. The number of hydrogen-bond acceptors (Lipinski definition) is 3. The molecule has 0 unspecified atom stereocenters. The van der Waals surface area contributed by atoms with Crippen LogP contribution in [0, 0.1) is 25.1 Å². The Kier molecular flexibility index (Phi) is 3.73. The Morgan fingerprint density at radius 3 is 2.69 bits per heavy atom. The zero-order valence-electron chi connectivity index (χ0n) is 14.2. The fourth-order valence-corrected chi connectivity index (χ4v) is 3.26. The minimum absolute atomic E-state index is 0.0297. The maximum atomic E-state index is 13.4.